The normalized spacial score (nSPS) is 13.1. The zero-order valence-electron chi connectivity index (χ0n) is 21.2. The van der Waals surface area contributed by atoms with Gasteiger partial charge in [-0.25, -0.2) is 8.78 Å². The largest absolute Gasteiger partial charge is 0.573 e. The minimum Gasteiger partial charge on any atom is -0.406 e. The third kappa shape index (κ3) is 10.9. The fourth-order valence-corrected chi connectivity index (χ4v) is 3.47. The molecule has 0 atom stereocenters. The summed E-state index contributed by atoms with van der Waals surface area (Å²) in [5.74, 6) is -1.67. The van der Waals surface area contributed by atoms with E-state index in [1.54, 1.807) is 30.3 Å². The monoisotopic (exact) mass is 519 g/mol. The Bertz CT molecular complexity index is 1200. The number of ether oxygens (including phenoxy) is 1. The highest BCUT2D eigenvalue weighted by atomic mass is 19.4. The number of anilines is 1. The van der Waals surface area contributed by atoms with Crippen molar-refractivity contribution < 1.29 is 31.5 Å². The van der Waals surface area contributed by atoms with Gasteiger partial charge in [0.05, 0.1) is 12.4 Å². The topological polar surface area (TPSA) is 29.5 Å². The first-order chi connectivity index (χ1) is 17.1. The first kappa shape index (κ1) is 29.5. The van der Waals surface area contributed by atoms with Crippen LogP contribution in [0, 0.1) is 5.41 Å². The number of allylic oxidation sites excluding steroid dienone is 6. The molecule has 3 nitrogen and oxygen atoms in total. The zero-order chi connectivity index (χ0) is 27.8. The van der Waals surface area contributed by atoms with Crippen molar-refractivity contribution in [2.24, 2.45) is 5.41 Å². The van der Waals surface area contributed by atoms with Gasteiger partial charge >= 0.3 is 6.36 Å². The van der Waals surface area contributed by atoms with E-state index in [1.165, 1.54) is 36.1 Å². The van der Waals surface area contributed by atoms with E-state index in [4.69, 9.17) is 0 Å². The molecule has 37 heavy (non-hydrogen) atoms. The molecule has 0 spiro atoms. The summed E-state index contributed by atoms with van der Waals surface area (Å²) in [6, 6.07) is 12.2. The SMILES string of the molecule is C=C(/C=C(F)/C=C\C=C(/C)F)N(CC(=O)CC(C)(C)C)c1cccc(-c2cccc(OC(F)(F)F)c2)c1. The maximum absolute atomic E-state index is 14.5. The lowest BCUT2D eigenvalue weighted by atomic mass is 9.90. The predicted octanol–water partition coefficient (Wildman–Crippen LogP) is 8.86. The van der Waals surface area contributed by atoms with Crippen LogP contribution in [0.15, 0.2) is 96.8 Å². The van der Waals surface area contributed by atoms with Crippen molar-refractivity contribution >= 4 is 11.5 Å². The molecule has 0 bridgehead atoms. The summed E-state index contributed by atoms with van der Waals surface area (Å²) in [5.41, 5.74) is 1.38. The Labute approximate surface area is 214 Å². The molecule has 0 unspecified atom stereocenters. The van der Waals surface area contributed by atoms with Crippen molar-refractivity contribution in [1.82, 2.24) is 0 Å². The standard InChI is InChI=1S/C29H30F5NO2/c1-20(30)9-6-12-24(31)15-21(2)35(19-26(36)18-28(3,4)5)25-13-7-10-22(16-25)23-11-8-14-27(17-23)37-29(32,33)34/h6-17H,2,18-19H2,1,3-5H3/b12-6-,20-9+,24-15-. The van der Waals surface area contributed by atoms with Gasteiger partial charge in [-0.15, -0.1) is 13.2 Å². The van der Waals surface area contributed by atoms with E-state index in [-0.39, 0.29) is 35.6 Å². The smallest absolute Gasteiger partial charge is 0.406 e. The van der Waals surface area contributed by atoms with E-state index < -0.39 is 18.0 Å². The second-order valence-corrected chi connectivity index (χ2v) is 9.62. The van der Waals surface area contributed by atoms with Gasteiger partial charge in [0.2, 0.25) is 0 Å². The van der Waals surface area contributed by atoms with E-state index in [0.717, 1.165) is 18.2 Å². The van der Waals surface area contributed by atoms with Crippen LogP contribution < -0.4 is 9.64 Å². The van der Waals surface area contributed by atoms with Crippen LogP contribution in [-0.4, -0.2) is 18.7 Å². The number of benzene rings is 2. The Hall–Kier alpha value is -3.68. The van der Waals surface area contributed by atoms with Crippen LogP contribution in [0.25, 0.3) is 11.1 Å². The van der Waals surface area contributed by atoms with Gasteiger partial charge in [0.1, 0.15) is 11.6 Å². The lowest BCUT2D eigenvalue weighted by molar-refractivity contribution is -0.274. The number of rotatable bonds is 10. The van der Waals surface area contributed by atoms with E-state index in [0.29, 0.717) is 16.8 Å². The zero-order valence-corrected chi connectivity index (χ0v) is 21.2. The Morgan fingerprint density at radius 3 is 2.24 bits per heavy atom. The number of hydrogen-bond acceptors (Lipinski definition) is 3. The van der Waals surface area contributed by atoms with Gasteiger partial charge in [0, 0.05) is 17.8 Å². The first-order valence-corrected chi connectivity index (χ1v) is 11.4. The summed E-state index contributed by atoms with van der Waals surface area (Å²) >= 11 is 0. The van der Waals surface area contributed by atoms with Crippen LogP contribution in [0.1, 0.15) is 34.1 Å². The average Bonchev–Trinajstić information content (AvgIpc) is 2.75. The fraction of sp³-hybridized carbons (Fsp3) is 0.276. The molecule has 8 heteroatoms. The molecule has 0 heterocycles. The highest BCUT2D eigenvalue weighted by molar-refractivity contribution is 5.85. The number of Topliss-reactive ketones (excluding diaryl/α,β-unsaturated/α-hetero) is 1. The summed E-state index contributed by atoms with van der Waals surface area (Å²) in [6.45, 7) is 10.8. The number of alkyl halides is 3. The molecule has 2 rings (SSSR count). The molecule has 0 saturated heterocycles. The number of ketones is 1. The second-order valence-electron chi connectivity index (χ2n) is 9.62. The molecule has 0 aliphatic rings. The molecule has 0 aliphatic carbocycles. The van der Waals surface area contributed by atoms with E-state index in [1.807, 2.05) is 20.8 Å². The Morgan fingerprint density at radius 1 is 1.03 bits per heavy atom. The van der Waals surface area contributed by atoms with Gasteiger partial charge in [-0.2, -0.15) is 0 Å². The van der Waals surface area contributed by atoms with Gasteiger partial charge in [-0.3, -0.25) is 4.79 Å². The quantitative estimate of drug-likeness (QED) is 0.232. The lowest BCUT2D eigenvalue weighted by Crippen LogP contribution is -2.30. The summed E-state index contributed by atoms with van der Waals surface area (Å²) in [4.78, 5) is 14.4. The molecular formula is C29H30F5NO2. The highest BCUT2D eigenvalue weighted by Crippen LogP contribution is 2.31. The summed E-state index contributed by atoms with van der Waals surface area (Å²) in [7, 11) is 0. The molecule has 0 radical (unpaired) electrons. The highest BCUT2D eigenvalue weighted by Gasteiger charge is 2.31. The Morgan fingerprint density at radius 2 is 1.65 bits per heavy atom. The average molecular weight is 520 g/mol. The van der Waals surface area contributed by atoms with Gasteiger partial charge in [-0.1, -0.05) is 57.7 Å². The Kier molecular flexibility index (Phi) is 10.00. The summed E-state index contributed by atoms with van der Waals surface area (Å²) in [5, 5.41) is 0. The lowest BCUT2D eigenvalue weighted by Gasteiger charge is -2.27. The van der Waals surface area contributed by atoms with Crippen LogP contribution in [0.4, 0.5) is 27.6 Å². The third-order valence-electron chi connectivity index (χ3n) is 4.85. The minimum absolute atomic E-state index is 0.103. The number of carbonyl (C=O) groups is 1. The minimum atomic E-state index is -4.83. The van der Waals surface area contributed by atoms with Gasteiger partial charge in [0.15, 0.2) is 5.78 Å². The van der Waals surface area contributed by atoms with Crippen molar-refractivity contribution in [2.75, 3.05) is 11.4 Å². The molecule has 2 aromatic carbocycles. The fourth-order valence-electron chi connectivity index (χ4n) is 3.47. The van der Waals surface area contributed by atoms with Crippen molar-refractivity contribution in [1.29, 1.82) is 0 Å². The van der Waals surface area contributed by atoms with Crippen molar-refractivity contribution in [3.05, 3.63) is 96.8 Å². The second kappa shape index (κ2) is 12.5. The van der Waals surface area contributed by atoms with E-state index >= 15 is 0 Å². The van der Waals surface area contributed by atoms with Crippen LogP contribution in [0.5, 0.6) is 5.75 Å². The van der Waals surface area contributed by atoms with Crippen molar-refractivity contribution in [3.8, 4) is 16.9 Å². The van der Waals surface area contributed by atoms with Crippen molar-refractivity contribution in [2.45, 2.75) is 40.5 Å². The molecule has 0 fully saturated rings. The summed E-state index contributed by atoms with van der Waals surface area (Å²) in [6.07, 6.45) is -0.0776. The van der Waals surface area contributed by atoms with Gasteiger partial charge in [0.25, 0.3) is 0 Å². The third-order valence-corrected chi connectivity index (χ3v) is 4.85. The molecule has 198 valence electrons. The molecule has 0 saturated carbocycles. The molecule has 0 amide bonds. The van der Waals surface area contributed by atoms with E-state index in [9.17, 15) is 26.7 Å². The maximum atomic E-state index is 14.5. The molecule has 0 aromatic heterocycles. The van der Waals surface area contributed by atoms with Crippen LogP contribution >= 0.6 is 0 Å². The van der Waals surface area contributed by atoms with Crippen LogP contribution in [0.3, 0.4) is 0 Å². The number of carbonyl (C=O) groups excluding carboxylic acids is 1. The number of halogens is 5. The predicted molar refractivity (Wildman–Crippen MR) is 137 cm³/mol. The maximum Gasteiger partial charge on any atom is 0.573 e. The first-order valence-electron chi connectivity index (χ1n) is 11.4. The van der Waals surface area contributed by atoms with Crippen molar-refractivity contribution in [3.63, 3.8) is 0 Å². The molecular weight excluding hydrogens is 489 g/mol. The molecule has 2 aromatic rings. The van der Waals surface area contributed by atoms with Gasteiger partial charge in [-0.05, 0) is 66.0 Å². The number of nitrogens with zero attached hydrogens (tertiary/aromatic N) is 1. The number of hydrogen-bond donors (Lipinski definition) is 0. The van der Waals surface area contributed by atoms with Crippen LogP contribution in [-0.2, 0) is 4.79 Å². The summed E-state index contributed by atoms with van der Waals surface area (Å²) < 4.78 is 69.3. The molecule has 0 aliphatic heterocycles. The van der Waals surface area contributed by atoms with Gasteiger partial charge < -0.3 is 9.64 Å². The molecule has 0 N–H and O–H groups in total. The Balaban J connectivity index is 2.44. The van der Waals surface area contributed by atoms with E-state index in [2.05, 4.69) is 11.3 Å². The van der Waals surface area contributed by atoms with Crippen LogP contribution in [0.2, 0.25) is 0 Å².